The maximum absolute atomic E-state index is 11.5. The second-order valence-corrected chi connectivity index (χ2v) is 5.04. The third-order valence-electron chi connectivity index (χ3n) is 2.20. The average molecular weight is 346 g/mol. The van der Waals surface area contributed by atoms with Crippen molar-refractivity contribution < 1.29 is 9.59 Å². The highest BCUT2D eigenvalue weighted by molar-refractivity contribution is 14.1. The molecule has 0 atom stereocenters. The Bertz CT molecular complexity index is 433. The Labute approximate surface area is 114 Å². The second-order valence-electron chi connectivity index (χ2n) is 3.79. The lowest BCUT2D eigenvalue weighted by molar-refractivity contribution is -0.116. The molecule has 0 heterocycles. The molecule has 0 fully saturated rings. The van der Waals surface area contributed by atoms with Crippen LogP contribution < -0.4 is 10.6 Å². The summed E-state index contributed by atoms with van der Waals surface area (Å²) in [7, 11) is 0. The zero-order chi connectivity index (χ0) is 12.8. The van der Waals surface area contributed by atoms with Gasteiger partial charge in [-0.2, -0.15) is 0 Å². The Morgan fingerprint density at radius 2 is 2.06 bits per heavy atom. The van der Waals surface area contributed by atoms with Gasteiger partial charge in [-0.1, -0.05) is 0 Å². The third-order valence-corrected chi connectivity index (χ3v) is 2.87. The van der Waals surface area contributed by atoms with Gasteiger partial charge in [0.25, 0.3) is 0 Å². The topological polar surface area (TPSA) is 58.2 Å². The highest BCUT2D eigenvalue weighted by Gasteiger charge is 2.04. The zero-order valence-electron chi connectivity index (χ0n) is 9.84. The van der Waals surface area contributed by atoms with Crippen molar-refractivity contribution in [1.82, 2.24) is 5.32 Å². The monoisotopic (exact) mass is 346 g/mol. The molecular formula is C12H15IN2O2. The van der Waals surface area contributed by atoms with Crippen LogP contribution in [-0.2, 0) is 4.79 Å². The van der Waals surface area contributed by atoms with Crippen LogP contribution in [0.5, 0.6) is 0 Å². The number of amides is 2. The lowest BCUT2D eigenvalue weighted by atomic mass is 10.2. The number of aryl methyl sites for hydroxylation is 1. The lowest BCUT2D eigenvalue weighted by Crippen LogP contribution is -2.30. The zero-order valence-corrected chi connectivity index (χ0v) is 12.0. The van der Waals surface area contributed by atoms with Crippen molar-refractivity contribution in [3.05, 3.63) is 27.3 Å². The molecular weight excluding hydrogens is 331 g/mol. The van der Waals surface area contributed by atoms with Gasteiger partial charge in [0.15, 0.2) is 0 Å². The third kappa shape index (κ3) is 5.16. The van der Waals surface area contributed by atoms with Gasteiger partial charge in [0.05, 0.1) is 0 Å². The maximum atomic E-state index is 11.5. The lowest BCUT2D eigenvalue weighted by Gasteiger charge is -2.09. The summed E-state index contributed by atoms with van der Waals surface area (Å²) < 4.78 is 1.13. The molecule has 0 aliphatic carbocycles. The first-order valence-electron chi connectivity index (χ1n) is 5.29. The maximum Gasteiger partial charge on any atom is 0.319 e. The number of hydrogen-bond donors (Lipinski definition) is 2. The number of hydrogen-bond acceptors (Lipinski definition) is 2. The Morgan fingerprint density at radius 3 is 2.65 bits per heavy atom. The summed E-state index contributed by atoms with van der Waals surface area (Å²) in [6.07, 6.45) is 0.360. The van der Waals surface area contributed by atoms with Gasteiger partial charge in [-0.15, -0.1) is 0 Å². The summed E-state index contributed by atoms with van der Waals surface area (Å²) in [6, 6.07) is 5.50. The standard InChI is InChI=1S/C12H15IN2O2/c1-8-7-10(13)3-4-11(8)15-12(17)14-6-5-9(2)16/h3-4,7H,5-6H2,1-2H3,(H2,14,15,17). The van der Waals surface area contributed by atoms with E-state index in [1.54, 1.807) is 0 Å². The summed E-state index contributed by atoms with van der Waals surface area (Å²) in [5.41, 5.74) is 1.80. The second kappa shape index (κ2) is 6.58. The molecule has 0 spiro atoms. The molecule has 1 aromatic rings. The molecule has 4 nitrogen and oxygen atoms in total. The van der Waals surface area contributed by atoms with Crippen molar-refractivity contribution in [3.8, 4) is 0 Å². The van der Waals surface area contributed by atoms with E-state index in [2.05, 4.69) is 33.2 Å². The summed E-state index contributed by atoms with van der Waals surface area (Å²) >= 11 is 2.22. The Kier molecular flexibility index (Phi) is 5.40. The minimum absolute atomic E-state index is 0.0655. The van der Waals surface area contributed by atoms with E-state index in [-0.39, 0.29) is 11.8 Å². The molecule has 0 saturated heterocycles. The van der Waals surface area contributed by atoms with E-state index < -0.39 is 0 Å². The first kappa shape index (κ1) is 14.0. The number of urea groups is 1. The number of carbonyl (C=O) groups is 2. The van der Waals surface area contributed by atoms with E-state index >= 15 is 0 Å². The number of carbonyl (C=O) groups excluding carboxylic acids is 2. The van der Waals surface area contributed by atoms with E-state index in [0.717, 1.165) is 14.8 Å². The molecule has 0 saturated carbocycles. The number of benzene rings is 1. The smallest absolute Gasteiger partial charge is 0.319 e. The molecule has 0 aromatic heterocycles. The van der Waals surface area contributed by atoms with Gasteiger partial charge in [0.2, 0.25) is 0 Å². The van der Waals surface area contributed by atoms with Gasteiger partial charge in [0.1, 0.15) is 5.78 Å². The Hall–Kier alpha value is -1.11. The molecule has 0 unspecified atom stereocenters. The average Bonchev–Trinajstić information content (AvgIpc) is 2.21. The molecule has 92 valence electrons. The minimum atomic E-state index is -0.282. The molecule has 0 bridgehead atoms. The molecule has 2 amide bonds. The fraction of sp³-hybridized carbons (Fsp3) is 0.333. The largest absolute Gasteiger partial charge is 0.337 e. The van der Waals surface area contributed by atoms with Crippen LogP contribution in [0.3, 0.4) is 0 Å². The van der Waals surface area contributed by atoms with Crippen molar-refractivity contribution in [3.63, 3.8) is 0 Å². The van der Waals surface area contributed by atoms with Gasteiger partial charge in [-0.05, 0) is 60.2 Å². The van der Waals surface area contributed by atoms with Crippen LogP contribution in [0.1, 0.15) is 18.9 Å². The van der Waals surface area contributed by atoms with Crippen LogP contribution in [0.25, 0.3) is 0 Å². The first-order valence-corrected chi connectivity index (χ1v) is 6.37. The highest BCUT2D eigenvalue weighted by Crippen LogP contribution is 2.17. The van der Waals surface area contributed by atoms with Crippen molar-refractivity contribution in [2.75, 3.05) is 11.9 Å². The van der Waals surface area contributed by atoms with Crippen molar-refractivity contribution in [2.24, 2.45) is 0 Å². The number of anilines is 1. The van der Waals surface area contributed by atoms with Crippen LogP contribution in [0.15, 0.2) is 18.2 Å². The molecule has 1 aromatic carbocycles. The summed E-state index contributed by atoms with van der Waals surface area (Å²) in [4.78, 5) is 22.2. The molecule has 0 aliphatic heterocycles. The number of halogens is 1. The van der Waals surface area contributed by atoms with Crippen molar-refractivity contribution in [2.45, 2.75) is 20.3 Å². The Balaban J connectivity index is 2.48. The van der Waals surface area contributed by atoms with Gasteiger partial charge >= 0.3 is 6.03 Å². The number of nitrogens with one attached hydrogen (secondary N) is 2. The van der Waals surface area contributed by atoms with Crippen LogP contribution in [0.2, 0.25) is 0 Å². The minimum Gasteiger partial charge on any atom is -0.337 e. The SMILES string of the molecule is CC(=O)CCNC(=O)Nc1ccc(I)cc1C. The van der Waals surface area contributed by atoms with E-state index in [1.165, 1.54) is 6.92 Å². The Morgan fingerprint density at radius 1 is 1.35 bits per heavy atom. The molecule has 5 heteroatoms. The molecule has 2 N–H and O–H groups in total. The first-order chi connectivity index (χ1) is 7.99. The van der Waals surface area contributed by atoms with Gasteiger partial charge in [-0.3, -0.25) is 4.79 Å². The van der Waals surface area contributed by atoms with Gasteiger partial charge in [0, 0.05) is 22.2 Å². The fourth-order valence-corrected chi connectivity index (χ4v) is 1.93. The van der Waals surface area contributed by atoms with Crippen LogP contribution in [-0.4, -0.2) is 18.4 Å². The molecule has 0 aliphatic rings. The van der Waals surface area contributed by atoms with Crippen molar-refractivity contribution >= 4 is 40.1 Å². The van der Waals surface area contributed by atoms with E-state index in [0.29, 0.717) is 13.0 Å². The molecule has 17 heavy (non-hydrogen) atoms. The normalized spacial score (nSPS) is 9.82. The highest BCUT2D eigenvalue weighted by atomic mass is 127. The number of rotatable bonds is 4. The number of Topliss-reactive ketones (excluding diaryl/α,β-unsaturated/α-hetero) is 1. The summed E-state index contributed by atoms with van der Waals surface area (Å²) in [5, 5.41) is 5.38. The van der Waals surface area contributed by atoms with Crippen molar-refractivity contribution in [1.29, 1.82) is 0 Å². The predicted octanol–water partition coefficient (Wildman–Crippen LogP) is 2.70. The van der Waals surface area contributed by atoms with Crippen LogP contribution in [0.4, 0.5) is 10.5 Å². The van der Waals surface area contributed by atoms with E-state index in [4.69, 9.17) is 0 Å². The predicted molar refractivity (Wildman–Crippen MR) is 76.2 cm³/mol. The summed E-state index contributed by atoms with van der Waals surface area (Å²) in [6.45, 7) is 3.81. The van der Waals surface area contributed by atoms with Gasteiger partial charge < -0.3 is 10.6 Å². The van der Waals surface area contributed by atoms with Crippen LogP contribution in [0, 0.1) is 10.5 Å². The molecule has 0 radical (unpaired) electrons. The molecule has 1 rings (SSSR count). The van der Waals surface area contributed by atoms with Crippen LogP contribution >= 0.6 is 22.6 Å². The number of ketones is 1. The fourth-order valence-electron chi connectivity index (χ4n) is 1.29. The van der Waals surface area contributed by atoms with E-state index in [9.17, 15) is 9.59 Å². The summed E-state index contributed by atoms with van der Waals surface area (Å²) in [5.74, 6) is 0.0655. The van der Waals surface area contributed by atoms with E-state index in [1.807, 2.05) is 25.1 Å². The van der Waals surface area contributed by atoms with Gasteiger partial charge in [-0.25, -0.2) is 4.79 Å². The quantitative estimate of drug-likeness (QED) is 0.824.